The number of carbonyl (C=O) groups excluding carboxylic acids is 1. The molecule has 3 aliphatic rings. The van der Waals surface area contributed by atoms with E-state index in [4.69, 9.17) is 9.47 Å². The Bertz CT molecular complexity index is 249. The summed E-state index contributed by atoms with van der Waals surface area (Å²) in [4.78, 5) is 10.2. The van der Waals surface area contributed by atoms with E-state index in [1.807, 2.05) is 13.2 Å². The van der Waals surface area contributed by atoms with Gasteiger partial charge in [0.1, 0.15) is 6.29 Å². The second-order valence-corrected chi connectivity index (χ2v) is 4.46. The maximum Gasteiger partial charge on any atom is 0.122 e. The SMILES string of the molecule is CC(CC=O)OCC12COC=C(C1)C2. The van der Waals surface area contributed by atoms with Gasteiger partial charge in [-0.15, -0.1) is 0 Å². The van der Waals surface area contributed by atoms with E-state index >= 15 is 0 Å². The topological polar surface area (TPSA) is 35.5 Å². The van der Waals surface area contributed by atoms with Gasteiger partial charge in [0.15, 0.2) is 0 Å². The third-order valence-electron chi connectivity index (χ3n) is 2.95. The van der Waals surface area contributed by atoms with E-state index in [9.17, 15) is 4.79 Å². The lowest BCUT2D eigenvalue weighted by atomic mass is 9.66. The molecule has 1 unspecified atom stereocenters. The van der Waals surface area contributed by atoms with Crippen LogP contribution in [-0.2, 0) is 14.3 Å². The second-order valence-electron chi connectivity index (χ2n) is 4.46. The number of allylic oxidation sites excluding steroid dienone is 1. The molecule has 1 aliphatic carbocycles. The van der Waals surface area contributed by atoms with Crippen LogP contribution in [0.4, 0.5) is 0 Å². The predicted molar refractivity (Wildman–Crippen MR) is 51.8 cm³/mol. The number of fused-ring (bicyclic) bond motifs is 2. The zero-order chi connectivity index (χ0) is 10.0. The van der Waals surface area contributed by atoms with E-state index < -0.39 is 0 Å². The van der Waals surface area contributed by atoms with Gasteiger partial charge in [0.2, 0.25) is 0 Å². The molecule has 0 radical (unpaired) electrons. The van der Waals surface area contributed by atoms with Crippen molar-refractivity contribution in [3.8, 4) is 0 Å². The molecule has 0 aromatic carbocycles. The van der Waals surface area contributed by atoms with Crippen LogP contribution in [-0.4, -0.2) is 25.6 Å². The Morgan fingerprint density at radius 3 is 3.07 bits per heavy atom. The van der Waals surface area contributed by atoms with E-state index in [2.05, 4.69) is 0 Å². The van der Waals surface area contributed by atoms with Crippen molar-refractivity contribution in [2.75, 3.05) is 13.2 Å². The van der Waals surface area contributed by atoms with Crippen LogP contribution in [0.2, 0.25) is 0 Å². The molecule has 1 atom stereocenters. The number of rotatable bonds is 5. The fourth-order valence-electron chi connectivity index (χ4n) is 2.10. The summed E-state index contributed by atoms with van der Waals surface area (Å²) in [7, 11) is 0. The summed E-state index contributed by atoms with van der Waals surface area (Å²) in [5, 5.41) is 0. The molecule has 2 aliphatic heterocycles. The molecule has 14 heavy (non-hydrogen) atoms. The normalized spacial score (nSPS) is 24.2. The van der Waals surface area contributed by atoms with Crippen molar-refractivity contribution in [3.05, 3.63) is 11.8 Å². The van der Waals surface area contributed by atoms with Gasteiger partial charge in [0.25, 0.3) is 0 Å². The molecule has 1 fully saturated rings. The lowest BCUT2D eigenvalue weighted by Crippen LogP contribution is -2.43. The van der Waals surface area contributed by atoms with E-state index in [-0.39, 0.29) is 11.5 Å². The summed E-state index contributed by atoms with van der Waals surface area (Å²) < 4.78 is 10.9. The molecular weight excluding hydrogens is 180 g/mol. The molecule has 0 aromatic rings. The lowest BCUT2D eigenvalue weighted by molar-refractivity contribution is -0.112. The Morgan fingerprint density at radius 2 is 2.50 bits per heavy atom. The average Bonchev–Trinajstić information content (AvgIpc) is 2.15. The van der Waals surface area contributed by atoms with Crippen LogP contribution >= 0.6 is 0 Å². The summed E-state index contributed by atoms with van der Waals surface area (Å²) in [5.74, 6) is 0. The first-order valence-corrected chi connectivity index (χ1v) is 5.09. The van der Waals surface area contributed by atoms with Crippen LogP contribution in [0.25, 0.3) is 0 Å². The Hall–Kier alpha value is -0.830. The van der Waals surface area contributed by atoms with Gasteiger partial charge in [-0.25, -0.2) is 0 Å². The van der Waals surface area contributed by atoms with Gasteiger partial charge in [0.05, 0.1) is 25.6 Å². The van der Waals surface area contributed by atoms with Crippen LogP contribution in [0.15, 0.2) is 11.8 Å². The fraction of sp³-hybridized carbons (Fsp3) is 0.727. The van der Waals surface area contributed by atoms with Crippen molar-refractivity contribution in [1.29, 1.82) is 0 Å². The lowest BCUT2D eigenvalue weighted by Gasteiger charge is -2.46. The number of hydrogen-bond acceptors (Lipinski definition) is 3. The van der Waals surface area contributed by atoms with Crippen LogP contribution in [0, 0.1) is 5.41 Å². The quantitative estimate of drug-likeness (QED) is 0.627. The van der Waals surface area contributed by atoms with Crippen molar-refractivity contribution in [3.63, 3.8) is 0 Å². The van der Waals surface area contributed by atoms with E-state index in [0.717, 1.165) is 32.3 Å². The van der Waals surface area contributed by atoms with Gasteiger partial charge in [0, 0.05) is 11.8 Å². The highest BCUT2D eigenvalue weighted by Crippen LogP contribution is 2.48. The summed E-state index contributed by atoms with van der Waals surface area (Å²) in [5.41, 5.74) is 1.62. The van der Waals surface area contributed by atoms with Crippen LogP contribution < -0.4 is 0 Å². The minimum atomic E-state index is 0.0387. The van der Waals surface area contributed by atoms with Crippen LogP contribution in [0.1, 0.15) is 26.2 Å². The monoisotopic (exact) mass is 196 g/mol. The maximum absolute atomic E-state index is 10.2. The molecule has 3 heteroatoms. The predicted octanol–water partition coefficient (Wildman–Crippen LogP) is 1.67. The third kappa shape index (κ3) is 1.82. The van der Waals surface area contributed by atoms with Crippen LogP contribution in [0.5, 0.6) is 0 Å². The largest absolute Gasteiger partial charge is 0.501 e. The Balaban J connectivity index is 1.76. The van der Waals surface area contributed by atoms with E-state index in [0.29, 0.717) is 6.42 Å². The number of aldehydes is 1. The summed E-state index contributed by atoms with van der Waals surface area (Å²) in [6, 6.07) is 0. The fourth-order valence-corrected chi connectivity index (χ4v) is 2.10. The molecule has 78 valence electrons. The maximum atomic E-state index is 10.2. The second kappa shape index (κ2) is 3.73. The van der Waals surface area contributed by atoms with Gasteiger partial charge in [-0.2, -0.15) is 0 Å². The summed E-state index contributed by atoms with van der Waals surface area (Å²) in [6.45, 7) is 3.42. The molecule has 2 bridgehead atoms. The van der Waals surface area contributed by atoms with Gasteiger partial charge in [-0.3, -0.25) is 0 Å². The van der Waals surface area contributed by atoms with Gasteiger partial charge >= 0.3 is 0 Å². The van der Waals surface area contributed by atoms with Crippen molar-refractivity contribution < 1.29 is 14.3 Å². The first-order valence-electron chi connectivity index (χ1n) is 5.09. The molecule has 3 rings (SSSR count). The smallest absolute Gasteiger partial charge is 0.122 e. The van der Waals surface area contributed by atoms with Crippen molar-refractivity contribution in [2.45, 2.75) is 32.3 Å². The molecule has 0 aromatic heterocycles. The standard InChI is InChI=1S/C11H16O3/c1-9(2-3-12)14-8-11-4-10(5-11)6-13-7-11/h3,6,9H,2,4-5,7-8H2,1H3. The summed E-state index contributed by atoms with van der Waals surface area (Å²) >= 11 is 0. The van der Waals surface area contributed by atoms with Crippen molar-refractivity contribution in [2.24, 2.45) is 5.41 Å². The minimum absolute atomic E-state index is 0.0387. The third-order valence-corrected chi connectivity index (χ3v) is 2.95. The van der Waals surface area contributed by atoms with Gasteiger partial charge < -0.3 is 14.3 Å². The van der Waals surface area contributed by atoms with Crippen molar-refractivity contribution >= 4 is 6.29 Å². The van der Waals surface area contributed by atoms with Crippen molar-refractivity contribution in [1.82, 2.24) is 0 Å². The highest BCUT2D eigenvalue weighted by atomic mass is 16.5. The molecule has 1 saturated carbocycles. The van der Waals surface area contributed by atoms with E-state index in [1.165, 1.54) is 5.57 Å². The summed E-state index contributed by atoms with van der Waals surface area (Å²) in [6.07, 6.45) is 5.53. The number of ether oxygens (including phenoxy) is 2. The average molecular weight is 196 g/mol. The minimum Gasteiger partial charge on any atom is -0.501 e. The molecule has 0 N–H and O–H groups in total. The molecule has 0 saturated heterocycles. The molecule has 0 spiro atoms. The number of hydrogen-bond donors (Lipinski definition) is 0. The Kier molecular flexibility index (Phi) is 2.59. The Labute approximate surface area is 84.1 Å². The zero-order valence-electron chi connectivity index (χ0n) is 8.49. The highest BCUT2D eigenvalue weighted by molar-refractivity contribution is 5.49. The highest BCUT2D eigenvalue weighted by Gasteiger charge is 2.44. The molecule has 0 amide bonds. The molecule has 2 heterocycles. The van der Waals surface area contributed by atoms with Gasteiger partial charge in [-0.05, 0) is 25.3 Å². The zero-order valence-corrected chi connectivity index (χ0v) is 8.49. The Morgan fingerprint density at radius 1 is 1.71 bits per heavy atom. The first kappa shape index (κ1) is 9.71. The first-order chi connectivity index (χ1) is 6.74. The molecule has 3 nitrogen and oxygen atoms in total. The molecular formula is C11H16O3. The van der Waals surface area contributed by atoms with Crippen LogP contribution in [0.3, 0.4) is 0 Å². The number of carbonyl (C=O) groups is 1. The van der Waals surface area contributed by atoms with Gasteiger partial charge in [-0.1, -0.05) is 0 Å². The van der Waals surface area contributed by atoms with E-state index in [1.54, 1.807) is 0 Å².